The Labute approximate surface area is 110 Å². The van der Waals surface area contributed by atoms with Gasteiger partial charge in [-0.15, -0.1) is 0 Å². The van der Waals surface area contributed by atoms with Crippen molar-refractivity contribution < 1.29 is 4.74 Å². The van der Waals surface area contributed by atoms with E-state index in [-0.39, 0.29) is 0 Å². The molecule has 4 heteroatoms. The maximum Gasteiger partial charge on any atom is 0.0640 e. The normalized spacial score (nSPS) is 21.7. The Morgan fingerprint density at radius 3 is 2.94 bits per heavy atom. The lowest BCUT2D eigenvalue weighted by Gasteiger charge is -2.18. The predicted molar refractivity (Wildman–Crippen MR) is 72.7 cm³/mol. The van der Waals surface area contributed by atoms with E-state index < -0.39 is 0 Å². The van der Waals surface area contributed by atoms with E-state index in [1.807, 2.05) is 11.7 Å². The van der Waals surface area contributed by atoms with E-state index in [4.69, 9.17) is 4.74 Å². The highest BCUT2D eigenvalue weighted by molar-refractivity contribution is 5.02. The van der Waals surface area contributed by atoms with Crippen molar-refractivity contribution in [3.8, 4) is 0 Å². The Morgan fingerprint density at radius 1 is 1.56 bits per heavy atom. The Balaban J connectivity index is 1.88. The van der Waals surface area contributed by atoms with Crippen LogP contribution < -0.4 is 5.32 Å². The maximum atomic E-state index is 5.44. The van der Waals surface area contributed by atoms with Crippen LogP contribution in [0.1, 0.15) is 38.4 Å². The minimum absolute atomic E-state index is 0.440. The zero-order valence-corrected chi connectivity index (χ0v) is 11.7. The van der Waals surface area contributed by atoms with Gasteiger partial charge in [-0.25, -0.2) is 0 Å². The molecule has 2 atom stereocenters. The summed E-state index contributed by atoms with van der Waals surface area (Å²) in [4.78, 5) is 0. The van der Waals surface area contributed by atoms with E-state index in [1.54, 1.807) is 0 Å². The smallest absolute Gasteiger partial charge is 0.0640 e. The number of hydrogen-bond acceptors (Lipinski definition) is 3. The number of hydrogen-bond donors (Lipinski definition) is 1. The van der Waals surface area contributed by atoms with Crippen LogP contribution in [0.25, 0.3) is 0 Å². The topological polar surface area (TPSA) is 39.1 Å². The van der Waals surface area contributed by atoms with Gasteiger partial charge in [0.05, 0.1) is 5.69 Å². The van der Waals surface area contributed by atoms with Crippen LogP contribution in [-0.4, -0.2) is 36.1 Å². The molecular weight excluding hydrogens is 226 g/mol. The lowest BCUT2D eigenvalue weighted by molar-refractivity contribution is 0.181. The molecule has 1 aromatic heterocycles. The molecule has 1 aromatic rings. The fourth-order valence-corrected chi connectivity index (χ4v) is 2.50. The van der Waals surface area contributed by atoms with Crippen LogP contribution >= 0.6 is 0 Å². The Bertz CT molecular complexity index is 356. The van der Waals surface area contributed by atoms with Crippen molar-refractivity contribution >= 4 is 0 Å². The molecule has 0 amide bonds. The van der Waals surface area contributed by atoms with E-state index >= 15 is 0 Å². The van der Waals surface area contributed by atoms with Gasteiger partial charge in [-0.05, 0) is 45.7 Å². The average Bonchev–Trinajstić information content (AvgIpc) is 2.99. The first-order valence-corrected chi connectivity index (χ1v) is 6.98. The monoisotopic (exact) mass is 251 g/mol. The second-order valence-electron chi connectivity index (χ2n) is 5.54. The van der Waals surface area contributed by atoms with Crippen LogP contribution in [0.4, 0.5) is 0 Å². The van der Waals surface area contributed by atoms with Crippen molar-refractivity contribution in [2.75, 3.05) is 20.3 Å². The van der Waals surface area contributed by atoms with Gasteiger partial charge in [0.15, 0.2) is 0 Å². The molecule has 0 spiro atoms. The fraction of sp³-hybridized carbons (Fsp3) is 0.786. The number of likely N-dealkylation sites (N-methyl/N-ethyl adjacent to an activating group) is 1. The lowest BCUT2D eigenvalue weighted by atomic mass is 9.96. The van der Waals surface area contributed by atoms with Crippen molar-refractivity contribution in [1.82, 2.24) is 15.1 Å². The number of rotatable bonds is 6. The summed E-state index contributed by atoms with van der Waals surface area (Å²) in [6.07, 6.45) is 5.47. The van der Waals surface area contributed by atoms with E-state index in [2.05, 4.69) is 36.5 Å². The van der Waals surface area contributed by atoms with Gasteiger partial charge in [0, 0.05) is 37.9 Å². The molecule has 2 heterocycles. The largest absolute Gasteiger partial charge is 0.381 e. The third-order valence-electron chi connectivity index (χ3n) is 3.70. The quantitative estimate of drug-likeness (QED) is 0.840. The van der Waals surface area contributed by atoms with E-state index in [0.29, 0.717) is 12.1 Å². The molecule has 102 valence electrons. The summed E-state index contributed by atoms with van der Waals surface area (Å²) in [6, 6.07) is 3.08. The first kappa shape index (κ1) is 13.6. The summed E-state index contributed by atoms with van der Waals surface area (Å²) in [7, 11) is 2.04. The number of nitrogens with one attached hydrogen (secondary N) is 1. The number of nitrogens with zero attached hydrogens (tertiary/aromatic N) is 2. The highest BCUT2D eigenvalue weighted by atomic mass is 16.5. The highest BCUT2D eigenvalue weighted by Gasteiger charge is 2.20. The van der Waals surface area contributed by atoms with Gasteiger partial charge in [-0.1, -0.05) is 0 Å². The Kier molecular flexibility index (Phi) is 4.78. The number of aromatic nitrogens is 2. The van der Waals surface area contributed by atoms with Gasteiger partial charge in [-0.2, -0.15) is 5.10 Å². The number of ether oxygens (including phenoxy) is 1. The molecule has 0 saturated carbocycles. The first-order chi connectivity index (χ1) is 8.69. The maximum absolute atomic E-state index is 5.44. The molecule has 1 aliphatic heterocycles. The minimum atomic E-state index is 0.440. The Hall–Kier alpha value is -0.870. The van der Waals surface area contributed by atoms with Crippen molar-refractivity contribution in [2.24, 2.45) is 5.92 Å². The van der Waals surface area contributed by atoms with Crippen LogP contribution in [0.15, 0.2) is 12.3 Å². The molecular formula is C14H25N3O. The average molecular weight is 251 g/mol. The van der Waals surface area contributed by atoms with Crippen molar-refractivity contribution in [1.29, 1.82) is 0 Å². The van der Waals surface area contributed by atoms with Crippen molar-refractivity contribution in [3.63, 3.8) is 0 Å². The molecule has 1 saturated heterocycles. The second-order valence-corrected chi connectivity index (χ2v) is 5.54. The third-order valence-corrected chi connectivity index (χ3v) is 3.70. The van der Waals surface area contributed by atoms with Crippen molar-refractivity contribution in [2.45, 2.75) is 45.2 Å². The molecule has 0 aliphatic carbocycles. The minimum Gasteiger partial charge on any atom is -0.381 e. The molecule has 1 aliphatic rings. The summed E-state index contributed by atoms with van der Waals surface area (Å²) < 4.78 is 7.47. The molecule has 2 unspecified atom stereocenters. The van der Waals surface area contributed by atoms with Gasteiger partial charge in [0.1, 0.15) is 0 Å². The summed E-state index contributed by atoms with van der Waals surface area (Å²) in [5, 5.41) is 8.03. The van der Waals surface area contributed by atoms with E-state index in [1.165, 1.54) is 18.5 Å². The van der Waals surface area contributed by atoms with Crippen LogP contribution in [0.3, 0.4) is 0 Å². The zero-order chi connectivity index (χ0) is 13.0. The van der Waals surface area contributed by atoms with Crippen LogP contribution in [0.5, 0.6) is 0 Å². The fourth-order valence-electron chi connectivity index (χ4n) is 2.50. The first-order valence-electron chi connectivity index (χ1n) is 6.98. The SMILES string of the molecule is CNC(Cc1ccn(C(C)C)n1)CC1CCOC1. The summed E-state index contributed by atoms with van der Waals surface area (Å²) >= 11 is 0. The third kappa shape index (κ3) is 3.56. The van der Waals surface area contributed by atoms with Gasteiger partial charge >= 0.3 is 0 Å². The molecule has 4 nitrogen and oxygen atoms in total. The summed E-state index contributed by atoms with van der Waals surface area (Å²) in [6.45, 7) is 6.17. The Morgan fingerprint density at radius 2 is 2.39 bits per heavy atom. The summed E-state index contributed by atoms with van der Waals surface area (Å²) in [5.74, 6) is 0.717. The lowest BCUT2D eigenvalue weighted by Crippen LogP contribution is -2.30. The van der Waals surface area contributed by atoms with Gasteiger partial charge < -0.3 is 10.1 Å². The molecule has 1 N–H and O–H groups in total. The van der Waals surface area contributed by atoms with Crippen LogP contribution in [-0.2, 0) is 11.2 Å². The highest BCUT2D eigenvalue weighted by Crippen LogP contribution is 2.19. The van der Waals surface area contributed by atoms with E-state index in [0.717, 1.165) is 25.6 Å². The molecule has 0 aromatic carbocycles. The van der Waals surface area contributed by atoms with E-state index in [9.17, 15) is 0 Å². The molecule has 18 heavy (non-hydrogen) atoms. The molecule has 2 rings (SSSR count). The van der Waals surface area contributed by atoms with Crippen LogP contribution in [0, 0.1) is 5.92 Å². The van der Waals surface area contributed by atoms with Crippen LogP contribution in [0.2, 0.25) is 0 Å². The van der Waals surface area contributed by atoms with Gasteiger partial charge in [0.2, 0.25) is 0 Å². The molecule has 0 radical (unpaired) electrons. The second kappa shape index (κ2) is 6.34. The van der Waals surface area contributed by atoms with Gasteiger partial charge in [-0.3, -0.25) is 4.68 Å². The van der Waals surface area contributed by atoms with Gasteiger partial charge in [0.25, 0.3) is 0 Å². The molecule has 1 fully saturated rings. The summed E-state index contributed by atoms with van der Waals surface area (Å²) in [5.41, 5.74) is 1.18. The standard InChI is InChI=1S/C14H25N3O/c1-11(2)17-6-4-13(16-17)9-14(15-3)8-12-5-7-18-10-12/h4,6,11-12,14-15H,5,7-10H2,1-3H3. The predicted octanol–water partition coefficient (Wildman–Crippen LogP) is 2.02. The zero-order valence-electron chi connectivity index (χ0n) is 11.7. The van der Waals surface area contributed by atoms with Crippen molar-refractivity contribution in [3.05, 3.63) is 18.0 Å². The molecule has 0 bridgehead atoms.